The zero-order chi connectivity index (χ0) is 11.8. The summed E-state index contributed by atoms with van der Waals surface area (Å²) in [7, 11) is 0. The van der Waals surface area contributed by atoms with Crippen molar-refractivity contribution in [3.8, 4) is 0 Å². The average Bonchev–Trinajstić information content (AvgIpc) is 2.28. The lowest BCUT2D eigenvalue weighted by atomic mass is 10.0. The third-order valence-electron chi connectivity index (χ3n) is 2.60. The first-order valence-electron chi connectivity index (χ1n) is 6.06. The maximum absolute atomic E-state index is 9.92. The quantitative estimate of drug-likeness (QED) is 0.718. The third-order valence-corrected chi connectivity index (χ3v) is 2.60. The van der Waals surface area contributed by atoms with Crippen LogP contribution in [0.15, 0.2) is 24.3 Å². The number of aliphatic hydroxyl groups is 1. The van der Waals surface area contributed by atoms with Gasteiger partial charge in [-0.25, -0.2) is 0 Å². The van der Waals surface area contributed by atoms with Crippen LogP contribution in [-0.4, -0.2) is 18.3 Å². The van der Waals surface area contributed by atoms with Crippen molar-refractivity contribution in [1.29, 1.82) is 0 Å². The Morgan fingerprint density at radius 2 is 2.12 bits per heavy atom. The molecule has 1 rings (SSSR count). The Kier molecular flexibility index (Phi) is 6.12. The minimum Gasteiger partial charge on any atom is -0.388 e. The van der Waals surface area contributed by atoms with Crippen molar-refractivity contribution in [1.82, 2.24) is 0 Å². The molecule has 0 fully saturated rings. The number of ether oxygens (including phenoxy) is 1. The van der Waals surface area contributed by atoms with Crippen molar-refractivity contribution in [2.75, 3.05) is 13.2 Å². The lowest BCUT2D eigenvalue weighted by Gasteiger charge is -2.11. The molecule has 0 saturated heterocycles. The van der Waals surface area contributed by atoms with Crippen LogP contribution in [0.25, 0.3) is 0 Å². The molecule has 0 saturated carbocycles. The summed E-state index contributed by atoms with van der Waals surface area (Å²) in [6.07, 6.45) is 2.52. The zero-order valence-electron chi connectivity index (χ0n) is 10.3. The summed E-state index contributed by atoms with van der Waals surface area (Å²) >= 11 is 0. The number of unbranched alkanes of at least 4 members (excludes halogenated alkanes) is 1. The van der Waals surface area contributed by atoms with Crippen molar-refractivity contribution in [2.24, 2.45) is 0 Å². The molecule has 0 aliphatic heterocycles. The van der Waals surface area contributed by atoms with Crippen LogP contribution in [0.1, 0.15) is 43.4 Å². The van der Waals surface area contributed by atoms with E-state index in [0.29, 0.717) is 13.0 Å². The van der Waals surface area contributed by atoms with Crippen LogP contribution in [-0.2, 0) is 4.74 Å². The standard InChI is InChI=1S/C14H22O2/c1-3-4-9-16-10-8-14(15)13-7-5-6-12(2)11-13/h5-7,11,14-15H,3-4,8-10H2,1-2H3. The van der Waals surface area contributed by atoms with E-state index in [0.717, 1.165) is 25.0 Å². The number of benzene rings is 1. The second kappa shape index (κ2) is 7.42. The van der Waals surface area contributed by atoms with Gasteiger partial charge in [-0.3, -0.25) is 0 Å². The van der Waals surface area contributed by atoms with Gasteiger partial charge in [-0.05, 0) is 18.9 Å². The Labute approximate surface area is 98.3 Å². The van der Waals surface area contributed by atoms with E-state index in [1.165, 1.54) is 5.56 Å². The van der Waals surface area contributed by atoms with Crippen molar-refractivity contribution in [2.45, 2.75) is 39.2 Å². The molecule has 0 heterocycles. The van der Waals surface area contributed by atoms with E-state index in [1.807, 2.05) is 31.2 Å². The van der Waals surface area contributed by atoms with Gasteiger partial charge < -0.3 is 9.84 Å². The summed E-state index contributed by atoms with van der Waals surface area (Å²) in [5.41, 5.74) is 2.17. The van der Waals surface area contributed by atoms with Crippen LogP contribution in [0.4, 0.5) is 0 Å². The van der Waals surface area contributed by atoms with E-state index >= 15 is 0 Å². The number of rotatable bonds is 7. The number of hydrogen-bond donors (Lipinski definition) is 1. The second-order valence-electron chi connectivity index (χ2n) is 4.18. The Morgan fingerprint density at radius 1 is 1.31 bits per heavy atom. The van der Waals surface area contributed by atoms with Crippen molar-refractivity contribution in [3.05, 3.63) is 35.4 Å². The van der Waals surface area contributed by atoms with E-state index in [2.05, 4.69) is 6.92 Å². The normalized spacial score (nSPS) is 12.7. The summed E-state index contributed by atoms with van der Waals surface area (Å²) in [6, 6.07) is 8.00. The van der Waals surface area contributed by atoms with Gasteiger partial charge in [-0.1, -0.05) is 43.2 Å². The summed E-state index contributed by atoms with van der Waals surface area (Å²) in [6.45, 7) is 5.62. The summed E-state index contributed by atoms with van der Waals surface area (Å²) in [5.74, 6) is 0. The summed E-state index contributed by atoms with van der Waals surface area (Å²) in [5, 5.41) is 9.92. The van der Waals surface area contributed by atoms with Crippen LogP contribution < -0.4 is 0 Å². The Balaban J connectivity index is 2.27. The van der Waals surface area contributed by atoms with Crippen molar-refractivity contribution in [3.63, 3.8) is 0 Å². The lowest BCUT2D eigenvalue weighted by Crippen LogP contribution is -2.04. The molecular formula is C14H22O2. The highest BCUT2D eigenvalue weighted by Crippen LogP contribution is 2.17. The fourth-order valence-electron chi connectivity index (χ4n) is 1.59. The van der Waals surface area contributed by atoms with Gasteiger partial charge in [0.05, 0.1) is 6.10 Å². The maximum Gasteiger partial charge on any atom is 0.0812 e. The van der Waals surface area contributed by atoms with E-state index < -0.39 is 6.10 Å². The molecule has 1 aromatic carbocycles. The molecule has 0 aliphatic carbocycles. The molecule has 1 atom stereocenters. The monoisotopic (exact) mass is 222 g/mol. The van der Waals surface area contributed by atoms with Crippen LogP contribution in [0, 0.1) is 6.92 Å². The van der Waals surface area contributed by atoms with Gasteiger partial charge in [0.15, 0.2) is 0 Å². The Hall–Kier alpha value is -0.860. The van der Waals surface area contributed by atoms with Crippen LogP contribution >= 0.6 is 0 Å². The Morgan fingerprint density at radius 3 is 2.81 bits per heavy atom. The van der Waals surface area contributed by atoms with Gasteiger partial charge in [0.1, 0.15) is 0 Å². The highest BCUT2D eigenvalue weighted by molar-refractivity contribution is 5.23. The fraction of sp³-hybridized carbons (Fsp3) is 0.571. The molecular weight excluding hydrogens is 200 g/mol. The molecule has 16 heavy (non-hydrogen) atoms. The molecule has 0 amide bonds. The van der Waals surface area contributed by atoms with Gasteiger partial charge >= 0.3 is 0 Å². The predicted molar refractivity (Wildman–Crippen MR) is 66.5 cm³/mol. The van der Waals surface area contributed by atoms with E-state index in [1.54, 1.807) is 0 Å². The average molecular weight is 222 g/mol. The predicted octanol–water partition coefficient (Wildman–Crippen LogP) is 3.24. The van der Waals surface area contributed by atoms with E-state index in [-0.39, 0.29) is 0 Å². The van der Waals surface area contributed by atoms with Gasteiger partial charge in [0.2, 0.25) is 0 Å². The minimum atomic E-state index is -0.401. The molecule has 2 heteroatoms. The number of aliphatic hydroxyl groups excluding tert-OH is 1. The largest absolute Gasteiger partial charge is 0.388 e. The molecule has 1 aromatic rings. The fourth-order valence-corrected chi connectivity index (χ4v) is 1.59. The maximum atomic E-state index is 9.92. The van der Waals surface area contributed by atoms with E-state index in [4.69, 9.17) is 4.74 Å². The van der Waals surface area contributed by atoms with E-state index in [9.17, 15) is 5.11 Å². The van der Waals surface area contributed by atoms with Crippen LogP contribution in [0.5, 0.6) is 0 Å². The van der Waals surface area contributed by atoms with Crippen LogP contribution in [0.2, 0.25) is 0 Å². The minimum absolute atomic E-state index is 0.401. The first-order valence-corrected chi connectivity index (χ1v) is 6.06. The zero-order valence-corrected chi connectivity index (χ0v) is 10.3. The molecule has 0 radical (unpaired) electrons. The third kappa shape index (κ3) is 4.77. The molecule has 0 bridgehead atoms. The summed E-state index contributed by atoms with van der Waals surface area (Å²) in [4.78, 5) is 0. The second-order valence-corrected chi connectivity index (χ2v) is 4.18. The molecule has 1 N–H and O–H groups in total. The van der Waals surface area contributed by atoms with Gasteiger partial charge in [0.25, 0.3) is 0 Å². The molecule has 0 aliphatic rings. The number of aryl methyl sites for hydroxylation is 1. The molecule has 2 nitrogen and oxygen atoms in total. The van der Waals surface area contributed by atoms with Crippen molar-refractivity contribution >= 4 is 0 Å². The van der Waals surface area contributed by atoms with Crippen molar-refractivity contribution < 1.29 is 9.84 Å². The van der Waals surface area contributed by atoms with Gasteiger partial charge in [-0.2, -0.15) is 0 Å². The molecule has 90 valence electrons. The Bertz CT molecular complexity index is 297. The SMILES string of the molecule is CCCCOCCC(O)c1cccc(C)c1. The first-order chi connectivity index (χ1) is 7.74. The lowest BCUT2D eigenvalue weighted by molar-refractivity contribution is 0.0804. The highest BCUT2D eigenvalue weighted by atomic mass is 16.5. The molecule has 0 aromatic heterocycles. The first kappa shape index (κ1) is 13.2. The smallest absolute Gasteiger partial charge is 0.0812 e. The summed E-state index contributed by atoms with van der Waals surface area (Å²) < 4.78 is 5.44. The number of hydrogen-bond acceptors (Lipinski definition) is 2. The van der Waals surface area contributed by atoms with Crippen LogP contribution in [0.3, 0.4) is 0 Å². The highest BCUT2D eigenvalue weighted by Gasteiger charge is 2.06. The molecule has 1 unspecified atom stereocenters. The van der Waals surface area contributed by atoms with Gasteiger partial charge in [-0.15, -0.1) is 0 Å². The topological polar surface area (TPSA) is 29.5 Å². The van der Waals surface area contributed by atoms with Gasteiger partial charge in [0, 0.05) is 19.6 Å². The molecule has 0 spiro atoms.